The van der Waals surface area contributed by atoms with Gasteiger partial charge in [-0.15, -0.1) is 0 Å². The third-order valence-corrected chi connectivity index (χ3v) is 3.57. The molecular weight excluding hydrogens is 321 g/mol. The summed E-state index contributed by atoms with van der Waals surface area (Å²) in [6.07, 6.45) is -0.0775. The predicted octanol–water partition coefficient (Wildman–Crippen LogP) is -0.786. The Morgan fingerprint density at radius 3 is 2.36 bits per heavy atom. The molecule has 0 radical (unpaired) electrons. The molecule has 118 valence electrons. The number of Topliss-reactive ketones (excluding diaryl/α,β-unsaturated/α-hetero) is 1. The fourth-order valence-electron chi connectivity index (χ4n) is 2.10. The van der Waals surface area contributed by atoms with Gasteiger partial charge in [-0.2, -0.15) is 0 Å². The molecule has 2 rings (SSSR count). The fourth-order valence-corrected chi connectivity index (χ4v) is 2.22. The summed E-state index contributed by atoms with van der Waals surface area (Å²) in [6.45, 7) is 1.20. The molecule has 3 nitrogen and oxygen atoms in total. The van der Waals surface area contributed by atoms with E-state index in [1.165, 1.54) is 0 Å². The van der Waals surface area contributed by atoms with E-state index in [1.54, 1.807) is 12.1 Å². The summed E-state index contributed by atoms with van der Waals surface area (Å²) >= 11 is 5.81. The highest BCUT2D eigenvalue weighted by molar-refractivity contribution is 6.30. The van der Waals surface area contributed by atoms with Gasteiger partial charge in [0.1, 0.15) is 12.6 Å². The van der Waals surface area contributed by atoms with Crippen molar-refractivity contribution in [3.63, 3.8) is 0 Å². The predicted molar refractivity (Wildman–Crippen MR) is 83.5 cm³/mol. The Morgan fingerprint density at radius 2 is 1.73 bits per heavy atom. The highest BCUT2D eigenvalue weighted by atomic mass is 35.5. The van der Waals surface area contributed by atoms with Crippen molar-refractivity contribution in [3.8, 4) is 0 Å². The Kier molecular flexibility index (Phi) is 8.13. The van der Waals surface area contributed by atoms with E-state index in [1.807, 2.05) is 47.8 Å². The molecule has 0 spiro atoms. The third-order valence-electron chi connectivity index (χ3n) is 3.32. The van der Waals surface area contributed by atoms with E-state index in [2.05, 4.69) is 0 Å². The number of rotatable bonds is 7. The lowest BCUT2D eigenvalue weighted by atomic mass is 10.1. The first-order valence-electron chi connectivity index (χ1n) is 7.00. The Labute approximate surface area is 141 Å². The largest absolute Gasteiger partial charge is 1.00 e. The molecule has 1 unspecified atom stereocenters. The number of nitrogens with two attached hydrogens (primary N) is 1. The minimum atomic E-state index is -0.547. The summed E-state index contributed by atoms with van der Waals surface area (Å²) in [6, 6.07) is 16.4. The minimum Gasteiger partial charge on any atom is -1.00 e. The molecule has 0 bridgehead atoms. The van der Waals surface area contributed by atoms with Crippen LogP contribution in [-0.2, 0) is 0 Å². The standard InChI is InChI=1S/C17H18ClNO2.ClH/c18-15-8-6-14(7-9-15)17(21)12-19-11-10-16(20)13-4-2-1-3-5-13;/h1-9,17,19,21H,10-12H2;1H. The lowest BCUT2D eigenvalue weighted by Gasteiger charge is -2.09. The zero-order chi connectivity index (χ0) is 15.1. The van der Waals surface area contributed by atoms with Gasteiger partial charge in [0.15, 0.2) is 5.78 Å². The normalized spacial score (nSPS) is 11.5. The van der Waals surface area contributed by atoms with Crippen LogP contribution in [0.3, 0.4) is 0 Å². The summed E-state index contributed by atoms with van der Waals surface area (Å²) in [4.78, 5) is 11.9. The number of halogens is 2. The van der Waals surface area contributed by atoms with Crippen LogP contribution >= 0.6 is 11.6 Å². The summed E-state index contributed by atoms with van der Waals surface area (Å²) in [7, 11) is 0. The second-order valence-electron chi connectivity index (χ2n) is 4.92. The maximum absolute atomic E-state index is 11.9. The number of ketones is 1. The maximum Gasteiger partial charge on any atom is 0.168 e. The average molecular weight is 340 g/mol. The van der Waals surface area contributed by atoms with Crippen LogP contribution < -0.4 is 17.7 Å². The SMILES string of the molecule is O=C(CC[NH2+]CC(O)c1ccc(Cl)cc1)c1ccccc1.[Cl-]. The molecule has 0 saturated carbocycles. The Bertz CT molecular complexity index is 573. The number of carbonyl (C=O) groups excluding carboxylic acids is 1. The Balaban J connectivity index is 0.00000242. The molecule has 0 aromatic heterocycles. The molecule has 2 aromatic rings. The number of aliphatic hydroxyl groups excluding tert-OH is 1. The van der Waals surface area contributed by atoms with Gasteiger partial charge in [-0.05, 0) is 17.7 Å². The van der Waals surface area contributed by atoms with Gasteiger partial charge in [0, 0.05) is 10.6 Å². The van der Waals surface area contributed by atoms with Crippen molar-refractivity contribution < 1.29 is 27.6 Å². The topological polar surface area (TPSA) is 53.9 Å². The maximum atomic E-state index is 11.9. The summed E-state index contributed by atoms with van der Waals surface area (Å²) in [5, 5.41) is 12.6. The van der Waals surface area contributed by atoms with Gasteiger partial charge in [-0.25, -0.2) is 0 Å². The molecule has 0 saturated heterocycles. The molecule has 0 amide bonds. The molecule has 0 aliphatic carbocycles. The van der Waals surface area contributed by atoms with E-state index in [4.69, 9.17) is 11.6 Å². The van der Waals surface area contributed by atoms with Crippen LogP contribution in [0, 0.1) is 0 Å². The van der Waals surface area contributed by atoms with Crippen LogP contribution in [0.15, 0.2) is 54.6 Å². The van der Waals surface area contributed by atoms with Gasteiger partial charge in [0.05, 0.1) is 13.0 Å². The molecule has 0 aliphatic rings. The summed E-state index contributed by atoms with van der Waals surface area (Å²) in [5.41, 5.74) is 1.58. The lowest BCUT2D eigenvalue weighted by Crippen LogP contribution is -3.00. The van der Waals surface area contributed by atoms with Crippen LogP contribution in [0.2, 0.25) is 5.02 Å². The number of quaternary nitrogens is 1. The van der Waals surface area contributed by atoms with E-state index in [0.717, 1.165) is 11.1 Å². The zero-order valence-electron chi connectivity index (χ0n) is 12.1. The van der Waals surface area contributed by atoms with Gasteiger partial charge in [0.25, 0.3) is 0 Å². The third kappa shape index (κ3) is 5.78. The number of benzene rings is 2. The van der Waals surface area contributed by atoms with E-state index in [0.29, 0.717) is 24.5 Å². The smallest absolute Gasteiger partial charge is 0.168 e. The monoisotopic (exact) mass is 339 g/mol. The Morgan fingerprint density at radius 1 is 1.09 bits per heavy atom. The Hall–Kier alpha value is -1.39. The first-order chi connectivity index (χ1) is 10.2. The van der Waals surface area contributed by atoms with E-state index in [-0.39, 0.29) is 18.2 Å². The second-order valence-corrected chi connectivity index (χ2v) is 5.36. The van der Waals surface area contributed by atoms with Gasteiger partial charge in [-0.1, -0.05) is 54.1 Å². The van der Waals surface area contributed by atoms with Crippen LogP contribution in [0.5, 0.6) is 0 Å². The minimum absolute atomic E-state index is 0. The van der Waals surface area contributed by atoms with Crippen LogP contribution in [0.25, 0.3) is 0 Å². The molecule has 0 heterocycles. The van der Waals surface area contributed by atoms with Crippen LogP contribution in [0.1, 0.15) is 28.4 Å². The molecule has 1 atom stereocenters. The highest BCUT2D eigenvalue weighted by Gasteiger charge is 2.10. The average Bonchev–Trinajstić information content (AvgIpc) is 2.52. The summed E-state index contributed by atoms with van der Waals surface area (Å²) in [5.74, 6) is 0.132. The van der Waals surface area contributed by atoms with Crippen molar-refractivity contribution in [3.05, 3.63) is 70.7 Å². The van der Waals surface area contributed by atoms with Crippen molar-refractivity contribution in [1.82, 2.24) is 0 Å². The first-order valence-corrected chi connectivity index (χ1v) is 7.38. The van der Waals surface area contributed by atoms with Crippen molar-refractivity contribution >= 4 is 17.4 Å². The molecular formula is C17H19Cl2NO2. The van der Waals surface area contributed by atoms with Crippen molar-refractivity contribution in [2.75, 3.05) is 13.1 Å². The van der Waals surface area contributed by atoms with Crippen LogP contribution in [0.4, 0.5) is 0 Å². The van der Waals surface area contributed by atoms with Crippen molar-refractivity contribution in [2.45, 2.75) is 12.5 Å². The summed E-state index contributed by atoms with van der Waals surface area (Å²) < 4.78 is 0. The molecule has 3 N–H and O–H groups in total. The van der Waals surface area contributed by atoms with Gasteiger partial charge >= 0.3 is 0 Å². The van der Waals surface area contributed by atoms with Gasteiger partial charge in [-0.3, -0.25) is 4.79 Å². The molecule has 0 aliphatic heterocycles. The fraction of sp³-hybridized carbons (Fsp3) is 0.235. The van der Waals surface area contributed by atoms with E-state index >= 15 is 0 Å². The molecule has 22 heavy (non-hydrogen) atoms. The van der Waals surface area contributed by atoms with Gasteiger partial charge in [0.2, 0.25) is 0 Å². The number of aliphatic hydroxyl groups is 1. The number of hydrogen-bond donors (Lipinski definition) is 2. The van der Waals surface area contributed by atoms with E-state index in [9.17, 15) is 9.90 Å². The second kappa shape index (κ2) is 9.59. The van der Waals surface area contributed by atoms with Crippen molar-refractivity contribution in [2.24, 2.45) is 0 Å². The molecule has 2 aromatic carbocycles. The van der Waals surface area contributed by atoms with Crippen LogP contribution in [-0.4, -0.2) is 24.0 Å². The van der Waals surface area contributed by atoms with Gasteiger partial charge < -0.3 is 22.8 Å². The molecule has 0 fully saturated rings. The first kappa shape index (κ1) is 18.7. The lowest BCUT2D eigenvalue weighted by molar-refractivity contribution is -0.660. The zero-order valence-corrected chi connectivity index (χ0v) is 13.6. The number of carbonyl (C=O) groups is 1. The quantitative estimate of drug-likeness (QED) is 0.513. The highest BCUT2D eigenvalue weighted by Crippen LogP contribution is 2.14. The van der Waals surface area contributed by atoms with Crippen molar-refractivity contribution in [1.29, 1.82) is 0 Å². The molecule has 5 heteroatoms. The number of hydrogen-bond acceptors (Lipinski definition) is 2. The van der Waals surface area contributed by atoms with E-state index < -0.39 is 6.10 Å².